The molecular weight excluding hydrogens is 262 g/mol. The summed E-state index contributed by atoms with van der Waals surface area (Å²) in [4.78, 5) is 0. The van der Waals surface area contributed by atoms with E-state index >= 15 is 0 Å². The zero-order valence-corrected chi connectivity index (χ0v) is 13.2. The van der Waals surface area contributed by atoms with Gasteiger partial charge in [0.15, 0.2) is 0 Å². The maximum absolute atomic E-state index is 5.97. The summed E-state index contributed by atoms with van der Waals surface area (Å²) in [6, 6.07) is 8.95. The highest BCUT2D eigenvalue weighted by Crippen LogP contribution is 2.54. The Hall–Kier alpha value is -1.06. The number of ether oxygens (including phenoxy) is 2. The van der Waals surface area contributed by atoms with Gasteiger partial charge in [-0.2, -0.15) is 0 Å². The molecule has 2 aliphatic rings. The van der Waals surface area contributed by atoms with Gasteiger partial charge in [-0.3, -0.25) is 0 Å². The molecule has 0 radical (unpaired) electrons. The largest absolute Gasteiger partial charge is 0.497 e. The molecule has 1 spiro atoms. The average Bonchev–Trinajstić information content (AvgIpc) is 3.03. The number of methoxy groups -OCH3 is 1. The summed E-state index contributed by atoms with van der Waals surface area (Å²) in [6.07, 6.45) is 7.02. The van der Waals surface area contributed by atoms with Gasteiger partial charge in [0.2, 0.25) is 0 Å². The van der Waals surface area contributed by atoms with Crippen LogP contribution in [0.15, 0.2) is 24.3 Å². The van der Waals surface area contributed by atoms with Gasteiger partial charge in [0.25, 0.3) is 0 Å². The van der Waals surface area contributed by atoms with Crippen molar-refractivity contribution in [3.8, 4) is 5.75 Å². The van der Waals surface area contributed by atoms with Gasteiger partial charge in [-0.15, -0.1) is 0 Å². The predicted molar refractivity (Wildman–Crippen MR) is 84.6 cm³/mol. The molecule has 1 aromatic carbocycles. The highest BCUT2D eigenvalue weighted by atomic mass is 16.5. The molecule has 0 aliphatic heterocycles. The molecule has 3 nitrogen and oxygen atoms in total. The van der Waals surface area contributed by atoms with Crippen LogP contribution in [0.2, 0.25) is 0 Å². The van der Waals surface area contributed by atoms with E-state index in [1.807, 2.05) is 6.07 Å². The Morgan fingerprint density at radius 3 is 2.81 bits per heavy atom. The van der Waals surface area contributed by atoms with E-state index in [9.17, 15) is 0 Å². The monoisotopic (exact) mass is 289 g/mol. The molecule has 1 N–H and O–H groups in total. The Kier molecular flexibility index (Phi) is 4.51. The number of rotatable bonds is 6. The van der Waals surface area contributed by atoms with Gasteiger partial charge in [0.05, 0.1) is 13.2 Å². The third-order valence-electron chi connectivity index (χ3n) is 5.37. The predicted octanol–water partition coefficient (Wildman–Crippen LogP) is 3.52. The second kappa shape index (κ2) is 6.37. The normalized spacial score (nSPS) is 26.8. The first kappa shape index (κ1) is 14.9. The lowest BCUT2D eigenvalue weighted by molar-refractivity contribution is -0.130. The minimum atomic E-state index is 0.412. The molecule has 1 aromatic rings. The smallest absolute Gasteiger partial charge is 0.119 e. The van der Waals surface area contributed by atoms with Crippen LogP contribution in [0, 0.1) is 5.41 Å². The number of benzene rings is 1. The number of hydrogen-bond acceptors (Lipinski definition) is 3. The fraction of sp³-hybridized carbons (Fsp3) is 0.667. The van der Waals surface area contributed by atoms with Crippen molar-refractivity contribution in [1.29, 1.82) is 0 Å². The van der Waals surface area contributed by atoms with Crippen LogP contribution in [0.25, 0.3) is 0 Å². The first-order valence-corrected chi connectivity index (χ1v) is 8.26. The van der Waals surface area contributed by atoms with Crippen LogP contribution in [0.3, 0.4) is 0 Å². The molecule has 2 aliphatic carbocycles. The molecule has 0 heterocycles. The molecule has 2 unspecified atom stereocenters. The molecule has 116 valence electrons. The van der Waals surface area contributed by atoms with Crippen molar-refractivity contribution >= 4 is 0 Å². The summed E-state index contributed by atoms with van der Waals surface area (Å²) in [5.41, 5.74) is 1.71. The first-order chi connectivity index (χ1) is 10.3. The van der Waals surface area contributed by atoms with E-state index in [4.69, 9.17) is 9.47 Å². The van der Waals surface area contributed by atoms with Gasteiger partial charge in [-0.05, 0) is 43.9 Å². The first-order valence-electron chi connectivity index (χ1n) is 8.26. The molecule has 2 fully saturated rings. The minimum absolute atomic E-state index is 0.412. The molecule has 0 saturated heterocycles. The van der Waals surface area contributed by atoms with E-state index in [0.29, 0.717) is 17.6 Å². The van der Waals surface area contributed by atoms with Gasteiger partial charge in [-0.25, -0.2) is 0 Å². The van der Waals surface area contributed by atoms with Crippen molar-refractivity contribution in [2.75, 3.05) is 13.7 Å². The summed E-state index contributed by atoms with van der Waals surface area (Å²) in [5.74, 6) is 0.936. The van der Waals surface area contributed by atoms with E-state index in [1.165, 1.54) is 31.2 Å². The lowest BCUT2D eigenvalue weighted by atomic mass is 9.60. The lowest BCUT2D eigenvalue weighted by Crippen LogP contribution is -2.62. The van der Waals surface area contributed by atoms with E-state index in [-0.39, 0.29) is 0 Å². The quantitative estimate of drug-likeness (QED) is 0.869. The van der Waals surface area contributed by atoms with Crippen molar-refractivity contribution in [3.05, 3.63) is 29.8 Å². The minimum Gasteiger partial charge on any atom is -0.497 e. The zero-order valence-electron chi connectivity index (χ0n) is 13.2. The Morgan fingerprint density at radius 1 is 1.29 bits per heavy atom. The molecule has 21 heavy (non-hydrogen) atoms. The fourth-order valence-electron chi connectivity index (χ4n) is 4.20. The molecular formula is C18H27NO2. The van der Waals surface area contributed by atoms with Crippen molar-refractivity contribution < 1.29 is 9.47 Å². The van der Waals surface area contributed by atoms with Gasteiger partial charge in [0, 0.05) is 24.6 Å². The zero-order chi connectivity index (χ0) is 14.7. The Balaban J connectivity index is 1.60. The van der Waals surface area contributed by atoms with Crippen LogP contribution in [0.5, 0.6) is 5.75 Å². The van der Waals surface area contributed by atoms with Crippen LogP contribution in [0.1, 0.15) is 44.6 Å². The summed E-state index contributed by atoms with van der Waals surface area (Å²) >= 11 is 0. The summed E-state index contributed by atoms with van der Waals surface area (Å²) in [7, 11) is 1.72. The van der Waals surface area contributed by atoms with Crippen LogP contribution >= 0.6 is 0 Å². The molecule has 0 bridgehead atoms. The Labute approximate surface area is 128 Å². The Bertz CT molecular complexity index is 468. The maximum Gasteiger partial charge on any atom is 0.119 e. The van der Waals surface area contributed by atoms with Crippen molar-refractivity contribution in [2.24, 2.45) is 5.41 Å². The average molecular weight is 289 g/mol. The lowest BCUT2D eigenvalue weighted by Gasteiger charge is -2.54. The topological polar surface area (TPSA) is 30.5 Å². The molecule has 2 atom stereocenters. The van der Waals surface area contributed by atoms with Gasteiger partial charge < -0.3 is 14.8 Å². The summed E-state index contributed by atoms with van der Waals surface area (Å²) in [6.45, 7) is 3.87. The van der Waals surface area contributed by atoms with Gasteiger partial charge in [-0.1, -0.05) is 25.0 Å². The molecule has 3 heteroatoms. The van der Waals surface area contributed by atoms with Crippen LogP contribution in [-0.4, -0.2) is 25.9 Å². The molecule has 3 rings (SSSR count). The second-order valence-corrected chi connectivity index (χ2v) is 6.40. The number of hydrogen-bond donors (Lipinski definition) is 1. The summed E-state index contributed by atoms with van der Waals surface area (Å²) in [5, 5.41) is 3.77. The van der Waals surface area contributed by atoms with Gasteiger partial charge >= 0.3 is 0 Å². The van der Waals surface area contributed by atoms with Crippen LogP contribution < -0.4 is 10.1 Å². The van der Waals surface area contributed by atoms with E-state index in [2.05, 4.69) is 30.4 Å². The third kappa shape index (κ3) is 2.82. The van der Waals surface area contributed by atoms with Crippen molar-refractivity contribution in [3.63, 3.8) is 0 Å². The standard InChI is InChI=1S/C18H27NO2/c1-3-21-17-12-16(18(17)9-4-5-10-18)19-13-14-7-6-8-15(11-14)20-2/h6-8,11,16-17,19H,3-5,9-10,12-13H2,1-2H3. The highest BCUT2D eigenvalue weighted by Gasteiger charge is 2.56. The van der Waals surface area contributed by atoms with Crippen molar-refractivity contribution in [2.45, 2.75) is 57.7 Å². The van der Waals surface area contributed by atoms with Crippen LogP contribution in [0.4, 0.5) is 0 Å². The fourth-order valence-corrected chi connectivity index (χ4v) is 4.20. The summed E-state index contributed by atoms with van der Waals surface area (Å²) < 4.78 is 11.3. The van der Waals surface area contributed by atoms with Crippen molar-refractivity contribution in [1.82, 2.24) is 5.32 Å². The molecule has 0 amide bonds. The molecule has 0 aromatic heterocycles. The highest BCUT2D eigenvalue weighted by molar-refractivity contribution is 5.28. The van der Waals surface area contributed by atoms with E-state index in [1.54, 1.807) is 7.11 Å². The second-order valence-electron chi connectivity index (χ2n) is 6.40. The van der Waals surface area contributed by atoms with E-state index < -0.39 is 0 Å². The molecule has 2 saturated carbocycles. The van der Waals surface area contributed by atoms with E-state index in [0.717, 1.165) is 25.3 Å². The third-order valence-corrected chi connectivity index (χ3v) is 5.37. The number of nitrogens with one attached hydrogen (secondary N) is 1. The van der Waals surface area contributed by atoms with Crippen LogP contribution in [-0.2, 0) is 11.3 Å². The Morgan fingerprint density at radius 2 is 2.10 bits per heavy atom. The van der Waals surface area contributed by atoms with Gasteiger partial charge in [0.1, 0.15) is 5.75 Å². The SMILES string of the molecule is CCOC1CC(NCc2cccc(OC)c2)C12CCCC2. The maximum atomic E-state index is 5.97.